The summed E-state index contributed by atoms with van der Waals surface area (Å²) in [4.78, 5) is 37.2. The molecule has 0 atom stereocenters. The average molecular weight is 393 g/mol. The minimum Gasteiger partial charge on any atom is -0.339 e. The molecule has 7 heteroatoms. The molecule has 2 amide bonds. The zero-order valence-corrected chi connectivity index (χ0v) is 16.2. The number of nitro groups is 1. The van der Waals surface area contributed by atoms with Gasteiger partial charge in [0, 0.05) is 42.4 Å². The Kier molecular flexibility index (Phi) is 6.39. The van der Waals surface area contributed by atoms with Gasteiger partial charge in [0.1, 0.15) is 0 Å². The largest absolute Gasteiger partial charge is 0.339 e. The number of hydrogen-bond acceptors (Lipinski definition) is 4. The van der Waals surface area contributed by atoms with Crippen LogP contribution in [0.1, 0.15) is 24.0 Å². The number of hydrogen-bond donors (Lipinski definition) is 1. The normalized spacial score (nSPS) is 14.7. The van der Waals surface area contributed by atoms with Crippen molar-refractivity contribution in [3.63, 3.8) is 0 Å². The Bertz CT molecular complexity index is 932. The van der Waals surface area contributed by atoms with Crippen LogP contribution in [0.15, 0.2) is 54.6 Å². The Labute approximate surface area is 169 Å². The number of rotatable bonds is 5. The SMILES string of the molecule is Cc1ccc(NC(=O)C2CCN(C(=O)/C=C/c3ccccc3)CC2)cc1[N+](=O)[O-]. The molecule has 7 nitrogen and oxygen atoms in total. The fourth-order valence-electron chi connectivity index (χ4n) is 3.33. The zero-order chi connectivity index (χ0) is 20.8. The van der Waals surface area contributed by atoms with E-state index in [9.17, 15) is 19.7 Å². The number of nitrogens with zero attached hydrogens (tertiary/aromatic N) is 2. The number of aryl methyl sites for hydroxylation is 1. The molecule has 1 heterocycles. The van der Waals surface area contributed by atoms with Gasteiger partial charge < -0.3 is 10.2 Å². The van der Waals surface area contributed by atoms with E-state index < -0.39 is 4.92 Å². The molecule has 3 rings (SSSR count). The zero-order valence-electron chi connectivity index (χ0n) is 16.2. The summed E-state index contributed by atoms with van der Waals surface area (Å²) in [5.74, 6) is -0.463. The molecule has 0 aromatic heterocycles. The number of benzene rings is 2. The molecule has 1 aliphatic heterocycles. The van der Waals surface area contributed by atoms with E-state index in [0.717, 1.165) is 5.56 Å². The summed E-state index contributed by atoms with van der Waals surface area (Å²) in [6, 6.07) is 14.3. The summed E-state index contributed by atoms with van der Waals surface area (Å²) >= 11 is 0. The highest BCUT2D eigenvalue weighted by Crippen LogP contribution is 2.24. The van der Waals surface area contributed by atoms with Crippen molar-refractivity contribution in [2.75, 3.05) is 18.4 Å². The lowest BCUT2D eigenvalue weighted by Gasteiger charge is -2.30. The number of carbonyl (C=O) groups excluding carboxylic acids is 2. The monoisotopic (exact) mass is 393 g/mol. The van der Waals surface area contributed by atoms with Crippen LogP contribution in [0.5, 0.6) is 0 Å². The molecular weight excluding hydrogens is 370 g/mol. The van der Waals surface area contributed by atoms with Gasteiger partial charge in [-0.25, -0.2) is 0 Å². The van der Waals surface area contributed by atoms with Gasteiger partial charge in [-0.15, -0.1) is 0 Å². The first-order valence-electron chi connectivity index (χ1n) is 9.52. The van der Waals surface area contributed by atoms with Gasteiger partial charge in [0.15, 0.2) is 0 Å². The van der Waals surface area contributed by atoms with Crippen LogP contribution in [0.25, 0.3) is 6.08 Å². The Hall–Kier alpha value is -3.48. The number of anilines is 1. The lowest BCUT2D eigenvalue weighted by molar-refractivity contribution is -0.385. The number of carbonyl (C=O) groups is 2. The minimum atomic E-state index is -0.460. The van der Waals surface area contributed by atoms with Gasteiger partial charge in [-0.05, 0) is 37.5 Å². The Morgan fingerprint density at radius 1 is 1.14 bits per heavy atom. The van der Waals surface area contributed by atoms with Crippen LogP contribution in [-0.4, -0.2) is 34.7 Å². The van der Waals surface area contributed by atoms with Crippen LogP contribution in [0.4, 0.5) is 11.4 Å². The van der Waals surface area contributed by atoms with Crippen molar-refractivity contribution in [2.45, 2.75) is 19.8 Å². The quantitative estimate of drug-likeness (QED) is 0.475. The standard InChI is InChI=1S/C22H23N3O4/c1-16-7-9-19(15-20(16)25(28)29)23-22(27)18-11-13-24(14-12-18)21(26)10-8-17-5-3-2-4-6-17/h2-10,15,18H,11-14H2,1H3,(H,23,27)/b10-8+. The van der Waals surface area contributed by atoms with Gasteiger partial charge >= 0.3 is 0 Å². The Balaban J connectivity index is 1.53. The van der Waals surface area contributed by atoms with E-state index in [1.807, 2.05) is 30.3 Å². The van der Waals surface area contributed by atoms with Crippen LogP contribution in [-0.2, 0) is 9.59 Å². The maximum atomic E-state index is 12.5. The number of nitro benzene ring substituents is 1. The van der Waals surface area contributed by atoms with Gasteiger partial charge in [-0.2, -0.15) is 0 Å². The Morgan fingerprint density at radius 2 is 1.83 bits per heavy atom. The van der Waals surface area contributed by atoms with Gasteiger partial charge in [0.2, 0.25) is 11.8 Å². The maximum Gasteiger partial charge on any atom is 0.274 e. The highest BCUT2D eigenvalue weighted by atomic mass is 16.6. The third-order valence-corrected chi connectivity index (χ3v) is 5.07. The van der Waals surface area contributed by atoms with Crippen molar-refractivity contribution in [2.24, 2.45) is 5.92 Å². The molecule has 1 aliphatic rings. The lowest BCUT2D eigenvalue weighted by atomic mass is 9.95. The van der Waals surface area contributed by atoms with Crippen LogP contribution in [0.3, 0.4) is 0 Å². The maximum absolute atomic E-state index is 12.5. The first kappa shape index (κ1) is 20.3. The molecule has 0 saturated carbocycles. The van der Waals surface area contributed by atoms with Crippen molar-refractivity contribution in [3.8, 4) is 0 Å². The van der Waals surface area contributed by atoms with Gasteiger partial charge in [-0.3, -0.25) is 19.7 Å². The van der Waals surface area contributed by atoms with E-state index in [1.54, 1.807) is 36.1 Å². The Morgan fingerprint density at radius 3 is 2.48 bits per heavy atom. The van der Waals surface area contributed by atoms with Gasteiger partial charge in [0.05, 0.1) is 4.92 Å². The van der Waals surface area contributed by atoms with Crippen molar-refractivity contribution in [1.29, 1.82) is 0 Å². The molecule has 1 fully saturated rings. The molecule has 0 bridgehead atoms. The third kappa shape index (κ3) is 5.28. The average Bonchev–Trinajstić information content (AvgIpc) is 2.74. The number of nitrogens with one attached hydrogen (secondary N) is 1. The topological polar surface area (TPSA) is 92.6 Å². The van der Waals surface area contributed by atoms with Crippen LogP contribution in [0.2, 0.25) is 0 Å². The first-order chi connectivity index (χ1) is 13.9. The van der Waals surface area contributed by atoms with Crippen molar-refractivity contribution >= 4 is 29.3 Å². The molecule has 2 aromatic carbocycles. The molecular formula is C22H23N3O4. The smallest absolute Gasteiger partial charge is 0.274 e. The summed E-state index contributed by atoms with van der Waals surface area (Å²) < 4.78 is 0. The van der Waals surface area contributed by atoms with E-state index in [1.165, 1.54) is 6.07 Å². The van der Waals surface area contributed by atoms with Crippen LogP contribution < -0.4 is 5.32 Å². The predicted octanol–water partition coefficient (Wildman–Crippen LogP) is 3.79. The van der Waals surface area contributed by atoms with E-state index in [0.29, 0.717) is 37.2 Å². The highest BCUT2D eigenvalue weighted by Gasteiger charge is 2.27. The fourth-order valence-corrected chi connectivity index (χ4v) is 3.33. The molecule has 1 saturated heterocycles. The molecule has 150 valence electrons. The third-order valence-electron chi connectivity index (χ3n) is 5.07. The number of piperidine rings is 1. The number of amides is 2. The summed E-state index contributed by atoms with van der Waals surface area (Å²) in [7, 11) is 0. The summed E-state index contributed by atoms with van der Waals surface area (Å²) in [5.41, 5.74) is 1.90. The fraction of sp³-hybridized carbons (Fsp3) is 0.273. The second kappa shape index (κ2) is 9.14. The van der Waals surface area contributed by atoms with Crippen LogP contribution >= 0.6 is 0 Å². The summed E-state index contributed by atoms with van der Waals surface area (Å²) in [5, 5.41) is 13.8. The molecule has 2 aromatic rings. The predicted molar refractivity (Wildman–Crippen MR) is 111 cm³/mol. The molecule has 0 unspecified atom stereocenters. The molecule has 0 radical (unpaired) electrons. The van der Waals surface area contributed by atoms with E-state index in [2.05, 4.69) is 5.32 Å². The summed E-state index contributed by atoms with van der Waals surface area (Å²) in [6.07, 6.45) is 4.46. The van der Waals surface area contributed by atoms with E-state index in [4.69, 9.17) is 0 Å². The van der Waals surface area contributed by atoms with Crippen molar-refractivity contribution in [3.05, 3.63) is 75.8 Å². The second-order valence-corrected chi connectivity index (χ2v) is 7.09. The molecule has 0 aliphatic carbocycles. The van der Waals surface area contributed by atoms with Gasteiger partial charge in [0.25, 0.3) is 5.69 Å². The highest BCUT2D eigenvalue weighted by molar-refractivity contribution is 5.94. The second-order valence-electron chi connectivity index (χ2n) is 7.09. The molecule has 29 heavy (non-hydrogen) atoms. The van der Waals surface area contributed by atoms with Crippen LogP contribution in [0, 0.1) is 23.0 Å². The van der Waals surface area contributed by atoms with Gasteiger partial charge in [-0.1, -0.05) is 36.4 Å². The van der Waals surface area contributed by atoms with Crippen molar-refractivity contribution < 1.29 is 14.5 Å². The first-order valence-corrected chi connectivity index (χ1v) is 9.52. The number of likely N-dealkylation sites (tertiary alicyclic amines) is 1. The summed E-state index contributed by atoms with van der Waals surface area (Å²) in [6.45, 7) is 2.66. The van der Waals surface area contributed by atoms with E-state index in [-0.39, 0.29) is 23.4 Å². The van der Waals surface area contributed by atoms with E-state index >= 15 is 0 Å². The van der Waals surface area contributed by atoms with Crippen molar-refractivity contribution in [1.82, 2.24) is 4.90 Å². The molecule has 0 spiro atoms. The lowest BCUT2D eigenvalue weighted by Crippen LogP contribution is -2.40. The minimum absolute atomic E-state index is 0.0200. The molecule has 1 N–H and O–H groups in total.